The lowest BCUT2D eigenvalue weighted by Crippen LogP contribution is -2.14. The maximum Gasteiger partial charge on any atom is 0.160 e. The summed E-state index contributed by atoms with van der Waals surface area (Å²) in [6.45, 7) is 4.67. The van der Waals surface area contributed by atoms with Crippen LogP contribution in [0, 0.1) is 0 Å². The van der Waals surface area contributed by atoms with Crippen LogP contribution in [-0.2, 0) is 5.41 Å². The van der Waals surface area contributed by atoms with Crippen molar-refractivity contribution in [2.75, 3.05) is 0 Å². The van der Waals surface area contributed by atoms with Gasteiger partial charge in [0.1, 0.15) is 0 Å². The molecule has 0 bridgehead atoms. The van der Waals surface area contributed by atoms with Crippen LogP contribution < -0.4 is 0 Å². The lowest BCUT2D eigenvalue weighted by atomic mass is 9.82. The van der Waals surface area contributed by atoms with Gasteiger partial charge in [-0.2, -0.15) is 0 Å². The van der Waals surface area contributed by atoms with E-state index >= 15 is 0 Å². The van der Waals surface area contributed by atoms with Crippen molar-refractivity contribution < 1.29 is 0 Å². The zero-order valence-electron chi connectivity index (χ0n) is 35.2. The fraction of sp³-hybridized carbons (Fsp3) is 0.0492. The smallest absolute Gasteiger partial charge is 0.160 e. The molecule has 0 saturated carbocycles. The van der Waals surface area contributed by atoms with Crippen LogP contribution in [0.5, 0.6) is 0 Å². The fourth-order valence-electron chi connectivity index (χ4n) is 10.1. The van der Waals surface area contributed by atoms with Crippen LogP contribution in [0.4, 0.5) is 0 Å². The standard InChI is InChI=1S/C61H42N2/c1-61(2)55-26-13-12-24-50(55)54-37-45(32-34-56(54)61)48-22-10-11-25-51(48)58-38-57(46-20-14-19-43(35-46)39-15-4-3-5-16-39)62-60(63-58)42-29-27-41(28-30-42)59-49-23-9-7-18-44(49)36-53-47-21-8-6-17-40(47)31-33-52(53)59/h3-38H,1-2H3. The van der Waals surface area contributed by atoms with Gasteiger partial charge in [-0.3, -0.25) is 0 Å². The number of fused-ring (bicyclic) bond motifs is 7. The molecule has 1 aliphatic rings. The molecule has 0 N–H and O–H groups in total. The molecule has 2 nitrogen and oxygen atoms in total. The van der Waals surface area contributed by atoms with Crippen molar-refractivity contribution in [2.24, 2.45) is 0 Å². The number of hydrogen-bond acceptors (Lipinski definition) is 2. The van der Waals surface area contributed by atoms with E-state index in [1.165, 1.54) is 71.3 Å². The number of nitrogens with zero attached hydrogens (tertiary/aromatic N) is 2. The van der Waals surface area contributed by atoms with E-state index in [0.29, 0.717) is 5.82 Å². The topological polar surface area (TPSA) is 25.8 Å². The summed E-state index contributed by atoms with van der Waals surface area (Å²) in [4.78, 5) is 10.8. The molecular weight excluding hydrogens is 761 g/mol. The largest absolute Gasteiger partial charge is 0.228 e. The van der Waals surface area contributed by atoms with E-state index in [1.54, 1.807) is 0 Å². The highest BCUT2D eigenvalue weighted by Gasteiger charge is 2.35. The van der Waals surface area contributed by atoms with Gasteiger partial charge in [-0.05, 0) is 112 Å². The Morgan fingerprint density at radius 3 is 1.76 bits per heavy atom. The van der Waals surface area contributed by atoms with Crippen LogP contribution in [0.25, 0.3) is 111 Å². The summed E-state index contributed by atoms with van der Waals surface area (Å²) in [5, 5.41) is 7.49. The van der Waals surface area contributed by atoms with Gasteiger partial charge in [0.2, 0.25) is 0 Å². The minimum atomic E-state index is -0.0562. The van der Waals surface area contributed by atoms with E-state index in [4.69, 9.17) is 9.97 Å². The SMILES string of the molecule is CC1(C)c2ccccc2-c2cc(-c3ccccc3-c3cc(-c4cccc(-c5ccccc5)c4)nc(-c4ccc(-c5c6ccccc6cc6c5ccc5ccccc56)cc4)n3)ccc21. The molecular formula is C61H42N2. The van der Waals surface area contributed by atoms with Gasteiger partial charge in [0.25, 0.3) is 0 Å². The molecule has 1 aromatic heterocycles. The summed E-state index contributed by atoms with van der Waals surface area (Å²) < 4.78 is 0. The second kappa shape index (κ2) is 14.6. The highest BCUT2D eigenvalue weighted by Crippen LogP contribution is 2.50. The number of aromatic nitrogens is 2. The summed E-state index contributed by atoms with van der Waals surface area (Å²) in [7, 11) is 0. The second-order valence-electron chi connectivity index (χ2n) is 17.3. The van der Waals surface area contributed by atoms with Crippen molar-refractivity contribution >= 4 is 32.3 Å². The number of benzene rings is 10. The molecule has 0 unspecified atom stereocenters. The van der Waals surface area contributed by atoms with Gasteiger partial charge in [-0.25, -0.2) is 9.97 Å². The van der Waals surface area contributed by atoms with E-state index in [1.807, 2.05) is 0 Å². The first kappa shape index (κ1) is 36.9. The summed E-state index contributed by atoms with van der Waals surface area (Å²) in [6, 6.07) is 79.1. The Bertz CT molecular complexity index is 3580. The van der Waals surface area contributed by atoms with E-state index in [2.05, 4.69) is 232 Å². The minimum Gasteiger partial charge on any atom is -0.228 e. The Balaban J connectivity index is 1.02. The average Bonchev–Trinajstić information content (AvgIpc) is 3.58. The zero-order chi connectivity index (χ0) is 42.1. The quantitative estimate of drug-likeness (QED) is 0.124. The van der Waals surface area contributed by atoms with Gasteiger partial charge in [0, 0.05) is 22.1 Å². The third-order valence-electron chi connectivity index (χ3n) is 13.3. The summed E-state index contributed by atoms with van der Waals surface area (Å²) in [5.41, 5.74) is 17.2. The van der Waals surface area contributed by atoms with Gasteiger partial charge in [0.05, 0.1) is 11.4 Å². The summed E-state index contributed by atoms with van der Waals surface area (Å²) in [6.07, 6.45) is 0. The maximum atomic E-state index is 5.42. The maximum absolute atomic E-state index is 5.42. The van der Waals surface area contributed by atoms with Crippen molar-refractivity contribution in [1.82, 2.24) is 9.97 Å². The van der Waals surface area contributed by atoms with Crippen LogP contribution in [0.1, 0.15) is 25.0 Å². The molecule has 0 amide bonds. The second-order valence-corrected chi connectivity index (χ2v) is 17.3. The number of rotatable bonds is 6. The lowest BCUT2D eigenvalue weighted by molar-refractivity contribution is 0.660. The lowest BCUT2D eigenvalue weighted by Gasteiger charge is -2.21. The van der Waals surface area contributed by atoms with Gasteiger partial charge < -0.3 is 0 Å². The van der Waals surface area contributed by atoms with Crippen LogP contribution >= 0.6 is 0 Å². The van der Waals surface area contributed by atoms with Crippen molar-refractivity contribution in [3.63, 3.8) is 0 Å². The van der Waals surface area contributed by atoms with E-state index in [9.17, 15) is 0 Å². The molecule has 11 aromatic rings. The third-order valence-corrected chi connectivity index (χ3v) is 13.3. The monoisotopic (exact) mass is 802 g/mol. The van der Waals surface area contributed by atoms with E-state index < -0.39 is 0 Å². The van der Waals surface area contributed by atoms with Gasteiger partial charge >= 0.3 is 0 Å². The van der Waals surface area contributed by atoms with Gasteiger partial charge in [-0.15, -0.1) is 0 Å². The first-order chi connectivity index (χ1) is 31.0. The van der Waals surface area contributed by atoms with Gasteiger partial charge in [-0.1, -0.05) is 208 Å². The summed E-state index contributed by atoms with van der Waals surface area (Å²) >= 11 is 0. The highest BCUT2D eigenvalue weighted by atomic mass is 14.9. The first-order valence-electron chi connectivity index (χ1n) is 21.8. The zero-order valence-corrected chi connectivity index (χ0v) is 35.2. The Labute approximate surface area is 367 Å². The molecule has 0 fully saturated rings. The molecule has 63 heavy (non-hydrogen) atoms. The Morgan fingerprint density at radius 2 is 0.921 bits per heavy atom. The molecule has 0 saturated heterocycles. The highest BCUT2D eigenvalue weighted by molar-refractivity contribution is 6.20. The average molecular weight is 803 g/mol. The van der Waals surface area contributed by atoms with E-state index in [-0.39, 0.29) is 5.41 Å². The van der Waals surface area contributed by atoms with Crippen LogP contribution in [0.3, 0.4) is 0 Å². The third kappa shape index (κ3) is 6.17. The molecule has 1 heterocycles. The molecule has 0 aliphatic heterocycles. The molecule has 2 heteroatoms. The predicted octanol–water partition coefficient (Wildman–Crippen LogP) is 16.2. The minimum absolute atomic E-state index is 0.0562. The number of hydrogen-bond donors (Lipinski definition) is 0. The first-order valence-corrected chi connectivity index (χ1v) is 21.8. The van der Waals surface area contributed by atoms with Crippen LogP contribution in [0.2, 0.25) is 0 Å². The van der Waals surface area contributed by atoms with Crippen molar-refractivity contribution in [3.05, 3.63) is 230 Å². The molecule has 0 radical (unpaired) electrons. The van der Waals surface area contributed by atoms with Gasteiger partial charge in [0.15, 0.2) is 5.82 Å². The fourth-order valence-corrected chi connectivity index (χ4v) is 10.1. The molecule has 10 aromatic carbocycles. The van der Waals surface area contributed by atoms with Crippen LogP contribution in [0.15, 0.2) is 218 Å². The Morgan fingerprint density at radius 1 is 0.302 bits per heavy atom. The van der Waals surface area contributed by atoms with Crippen molar-refractivity contribution in [3.8, 4) is 78.4 Å². The Kier molecular flexibility index (Phi) is 8.55. The molecule has 12 rings (SSSR count). The molecule has 1 aliphatic carbocycles. The van der Waals surface area contributed by atoms with Crippen LogP contribution in [-0.4, -0.2) is 9.97 Å². The summed E-state index contributed by atoms with van der Waals surface area (Å²) in [5.74, 6) is 0.687. The molecule has 0 atom stereocenters. The van der Waals surface area contributed by atoms with E-state index in [0.717, 1.165) is 44.8 Å². The Hall–Kier alpha value is -7.94. The predicted molar refractivity (Wildman–Crippen MR) is 265 cm³/mol. The van der Waals surface area contributed by atoms with Crippen molar-refractivity contribution in [2.45, 2.75) is 19.3 Å². The molecule has 0 spiro atoms. The normalized spacial score (nSPS) is 12.7. The molecule has 296 valence electrons. The van der Waals surface area contributed by atoms with Crippen molar-refractivity contribution in [1.29, 1.82) is 0 Å².